The van der Waals surface area contributed by atoms with Crippen LogP contribution in [0.4, 0.5) is 0 Å². The van der Waals surface area contributed by atoms with E-state index in [0.29, 0.717) is 32.0 Å². The Balaban J connectivity index is 1.84. The number of carbonyl (C=O) groups is 1. The van der Waals surface area contributed by atoms with Crippen LogP contribution in [0, 0.1) is 5.92 Å². The molecule has 2 rings (SSSR count). The van der Waals surface area contributed by atoms with Crippen molar-refractivity contribution >= 4 is 15.9 Å². The SMILES string of the molecule is CC(C)N1CCCC(C(=O)N2CCC(NS(C)(=O)=O)CC2)C1. The van der Waals surface area contributed by atoms with E-state index in [0.717, 1.165) is 25.9 Å². The van der Waals surface area contributed by atoms with E-state index in [1.807, 2.05) is 4.90 Å². The third-order valence-corrected chi connectivity index (χ3v) is 5.48. The van der Waals surface area contributed by atoms with Gasteiger partial charge >= 0.3 is 0 Å². The molecule has 1 amide bonds. The topological polar surface area (TPSA) is 69.7 Å². The summed E-state index contributed by atoms with van der Waals surface area (Å²) in [4.78, 5) is 17.0. The lowest BCUT2D eigenvalue weighted by molar-refractivity contribution is -0.138. The van der Waals surface area contributed by atoms with Crippen LogP contribution in [0.2, 0.25) is 0 Å². The fourth-order valence-corrected chi connectivity index (χ4v) is 4.30. The molecule has 2 aliphatic rings. The molecule has 22 heavy (non-hydrogen) atoms. The molecule has 7 heteroatoms. The van der Waals surface area contributed by atoms with Crippen LogP contribution < -0.4 is 4.72 Å². The first-order valence-electron chi connectivity index (χ1n) is 8.26. The van der Waals surface area contributed by atoms with Crippen LogP contribution in [0.5, 0.6) is 0 Å². The first-order valence-corrected chi connectivity index (χ1v) is 10.2. The molecule has 1 unspecified atom stereocenters. The molecule has 0 bridgehead atoms. The Morgan fingerprint density at radius 1 is 1.14 bits per heavy atom. The molecular weight excluding hydrogens is 302 g/mol. The van der Waals surface area contributed by atoms with Gasteiger partial charge in [0.25, 0.3) is 0 Å². The number of hydrogen-bond acceptors (Lipinski definition) is 4. The van der Waals surface area contributed by atoms with Crippen LogP contribution in [0.3, 0.4) is 0 Å². The largest absolute Gasteiger partial charge is 0.342 e. The molecular formula is C15H29N3O3S. The van der Waals surface area contributed by atoms with E-state index in [1.54, 1.807) is 0 Å². The number of hydrogen-bond donors (Lipinski definition) is 1. The molecule has 0 radical (unpaired) electrons. The molecule has 2 fully saturated rings. The number of likely N-dealkylation sites (tertiary alicyclic amines) is 2. The van der Waals surface area contributed by atoms with Crippen LogP contribution in [0.15, 0.2) is 0 Å². The normalized spacial score (nSPS) is 25.6. The summed E-state index contributed by atoms with van der Waals surface area (Å²) in [5, 5.41) is 0. The average molecular weight is 331 g/mol. The Kier molecular flexibility index (Phi) is 5.85. The van der Waals surface area contributed by atoms with Crippen molar-refractivity contribution in [3.8, 4) is 0 Å². The monoisotopic (exact) mass is 331 g/mol. The van der Waals surface area contributed by atoms with E-state index in [2.05, 4.69) is 23.5 Å². The predicted octanol–water partition coefficient (Wildman–Crippen LogP) is 0.647. The third kappa shape index (κ3) is 4.93. The Morgan fingerprint density at radius 2 is 1.77 bits per heavy atom. The van der Waals surface area contributed by atoms with Gasteiger partial charge in [-0.1, -0.05) is 0 Å². The lowest BCUT2D eigenvalue weighted by Crippen LogP contribution is -2.51. The van der Waals surface area contributed by atoms with Gasteiger partial charge < -0.3 is 9.80 Å². The summed E-state index contributed by atoms with van der Waals surface area (Å²) in [6, 6.07) is 0.456. The molecule has 1 N–H and O–H groups in total. The molecule has 2 saturated heterocycles. The summed E-state index contributed by atoms with van der Waals surface area (Å²) in [6.07, 6.45) is 4.66. The van der Waals surface area contributed by atoms with Crippen molar-refractivity contribution in [2.24, 2.45) is 5.92 Å². The summed E-state index contributed by atoms with van der Waals surface area (Å²) in [6.45, 7) is 7.61. The van der Waals surface area contributed by atoms with Crippen LogP contribution in [0.1, 0.15) is 39.5 Å². The summed E-state index contributed by atoms with van der Waals surface area (Å²) in [7, 11) is -3.16. The van der Waals surface area contributed by atoms with E-state index < -0.39 is 10.0 Å². The number of amides is 1. The molecule has 0 aromatic heterocycles. The average Bonchev–Trinajstić information content (AvgIpc) is 2.46. The highest BCUT2D eigenvalue weighted by Gasteiger charge is 2.32. The number of sulfonamides is 1. The maximum atomic E-state index is 12.7. The summed E-state index contributed by atoms with van der Waals surface area (Å²) < 4.78 is 25.2. The highest BCUT2D eigenvalue weighted by Crippen LogP contribution is 2.22. The highest BCUT2D eigenvalue weighted by atomic mass is 32.2. The predicted molar refractivity (Wildman–Crippen MR) is 87.0 cm³/mol. The van der Waals surface area contributed by atoms with E-state index in [-0.39, 0.29) is 17.9 Å². The van der Waals surface area contributed by atoms with Gasteiger partial charge in [0.2, 0.25) is 15.9 Å². The summed E-state index contributed by atoms with van der Waals surface area (Å²) >= 11 is 0. The molecule has 0 saturated carbocycles. The van der Waals surface area contributed by atoms with Gasteiger partial charge in [-0.25, -0.2) is 13.1 Å². The molecule has 6 nitrogen and oxygen atoms in total. The van der Waals surface area contributed by atoms with Gasteiger partial charge in [-0.05, 0) is 46.1 Å². The van der Waals surface area contributed by atoms with Crippen molar-refractivity contribution < 1.29 is 13.2 Å². The van der Waals surface area contributed by atoms with Gasteiger partial charge in [0, 0.05) is 31.7 Å². The molecule has 0 aromatic carbocycles. The van der Waals surface area contributed by atoms with Gasteiger partial charge in [0.05, 0.1) is 12.2 Å². The van der Waals surface area contributed by atoms with Gasteiger partial charge in [-0.2, -0.15) is 0 Å². The van der Waals surface area contributed by atoms with Crippen LogP contribution >= 0.6 is 0 Å². The Labute approximate surface area is 134 Å². The van der Waals surface area contributed by atoms with Crippen molar-refractivity contribution in [3.05, 3.63) is 0 Å². The maximum absolute atomic E-state index is 12.7. The molecule has 1 atom stereocenters. The van der Waals surface area contributed by atoms with Gasteiger partial charge in [-0.15, -0.1) is 0 Å². The van der Waals surface area contributed by atoms with Crippen LogP contribution in [-0.2, 0) is 14.8 Å². The molecule has 0 spiro atoms. The zero-order chi connectivity index (χ0) is 16.3. The number of nitrogens with zero attached hydrogens (tertiary/aromatic N) is 2. The Bertz CT molecular complexity index is 484. The molecule has 2 aliphatic heterocycles. The van der Waals surface area contributed by atoms with Crippen molar-refractivity contribution in [2.75, 3.05) is 32.4 Å². The number of piperidine rings is 2. The van der Waals surface area contributed by atoms with Crippen LogP contribution in [0.25, 0.3) is 0 Å². The number of nitrogens with one attached hydrogen (secondary N) is 1. The van der Waals surface area contributed by atoms with Gasteiger partial charge in [-0.3, -0.25) is 4.79 Å². The minimum absolute atomic E-state index is 0.0300. The van der Waals surface area contributed by atoms with Gasteiger partial charge in [0.1, 0.15) is 0 Å². The summed E-state index contributed by atoms with van der Waals surface area (Å²) in [5.74, 6) is 0.360. The van der Waals surface area contributed by atoms with Crippen molar-refractivity contribution in [1.29, 1.82) is 0 Å². The zero-order valence-electron chi connectivity index (χ0n) is 13.9. The lowest BCUT2D eigenvalue weighted by atomic mass is 9.94. The van der Waals surface area contributed by atoms with Crippen molar-refractivity contribution in [3.63, 3.8) is 0 Å². The fourth-order valence-electron chi connectivity index (χ4n) is 3.46. The quantitative estimate of drug-likeness (QED) is 0.821. The second-order valence-electron chi connectivity index (χ2n) is 6.92. The highest BCUT2D eigenvalue weighted by molar-refractivity contribution is 7.88. The van der Waals surface area contributed by atoms with Crippen molar-refractivity contribution in [1.82, 2.24) is 14.5 Å². The standard InChI is InChI=1S/C15H29N3O3S/c1-12(2)18-8-4-5-13(11-18)15(19)17-9-6-14(7-10-17)16-22(3,20)21/h12-14,16H,4-11H2,1-3H3. The lowest BCUT2D eigenvalue weighted by Gasteiger charge is -2.39. The smallest absolute Gasteiger partial charge is 0.226 e. The molecule has 2 heterocycles. The minimum Gasteiger partial charge on any atom is -0.342 e. The molecule has 0 aromatic rings. The van der Waals surface area contributed by atoms with E-state index >= 15 is 0 Å². The fraction of sp³-hybridized carbons (Fsp3) is 0.933. The molecule has 128 valence electrons. The molecule has 0 aliphatic carbocycles. The van der Waals surface area contributed by atoms with E-state index in [4.69, 9.17) is 0 Å². The zero-order valence-corrected chi connectivity index (χ0v) is 14.7. The second kappa shape index (κ2) is 7.27. The number of rotatable bonds is 4. The Hall–Kier alpha value is -0.660. The second-order valence-corrected chi connectivity index (χ2v) is 8.70. The van der Waals surface area contributed by atoms with Crippen molar-refractivity contribution in [2.45, 2.75) is 51.6 Å². The third-order valence-electron chi connectivity index (χ3n) is 4.72. The van der Waals surface area contributed by atoms with Crippen LogP contribution in [-0.4, -0.2) is 68.6 Å². The number of carbonyl (C=O) groups excluding carboxylic acids is 1. The maximum Gasteiger partial charge on any atom is 0.226 e. The first kappa shape index (κ1) is 17.7. The van der Waals surface area contributed by atoms with E-state index in [1.165, 1.54) is 6.26 Å². The summed E-state index contributed by atoms with van der Waals surface area (Å²) in [5.41, 5.74) is 0. The van der Waals surface area contributed by atoms with Gasteiger partial charge in [0.15, 0.2) is 0 Å². The van der Waals surface area contributed by atoms with E-state index in [9.17, 15) is 13.2 Å². The Morgan fingerprint density at radius 3 is 2.32 bits per heavy atom. The minimum atomic E-state index is -3.16. The first-order chi connectivity index (χ1) is 10.3.